The van der Waals surface area contributed by atoms with Crippen LogP contribution in [0.5, 0.6) is 0 Å². The third kappa shape index (κ3) is 3.19. The van der Waals surface area contributed by atoms with Crippen LogP contribution in [0.3, 0.4) is 0 Å². The molecule has 7 heteroatoms. The van der Waals surface area contributed by atoms with E-state index >= 15 is 0 Å². The lowest BCUT2D eigenvalue weighted by atomic mass is 10.1. The fourth-order valence-electron chi connectivity index (χ4n) is 3.66. The minimum atomic E-state index is -0.512. The molecule has 2 aliphatic heterocycles. The molecule has 2 heterocycles. The molecular formula is C21H23N5O2. The summed E-state index contributed by atoms with van der Waals surface area (Å²) in [7, 11) is 3.23. The summed E-state index contributed by atoms with van der Waals surface area (Å²) in [6.45, 7) is 1.03. The summed E-state index contributed by atoms with van der Waals surface area (Å²) >= 11 is 0. The van der Waals surface area contributed by atoms with Gasteiger partial charge in [0, 0.05) is 20.6 Å². The van der Waals surface area contributed by atoms with Crippen LogP contribution >= 0.6 is 0 Å². The largest absolute Gasteiger partial charge is 0.333 e. The van der Waals surface area contributed by atoms with Crippen LogP contribution < -0.4 is 5.32 Å². The van der Waals surface area contributed by atoms with Gasteiger partial charge in [0.25, 0.3) is 5.91 Å². The smallest absolute Gasteiger partial charge is 0.327 e. The van der Waals surface area contributed by atoms with Crippen LogP contribution in [0.25, 0.3) is 0 Å². The van der Waals surface area contributed by atoms with Gasteiger partial charge in [-0.15, -0.1) is 0 Å². The molecule has 4 rings (SSSR count). The molecule has 2 aromatic carbocycles. The molecule has 0 spiro atoms. The molecule has 2 fully saturated rings. The minimum Gasteiger partial charge on any atom is -0.333 e. The van der Waals surface area contributed by atoms with Crippen molar-refractivity contribution in [1.82, 2.24) is 20.0 Å². The van der Waals surface area contributed by atoms with Gasteiger partial charge in [0.1, 0.15) is 6.17 Å². The molecule has 0 radical (unpaired) electrons. The molecule has 144 valence electrons. The van der Waals surface area contributed by atoms with E-state index in [1.54, 1.807) is 11.9 Å². The fraction of sp³-hybridized carbons (Fsp3) is 0.286. The first-order valence-electron chi connectivity index (χ1n) is 9.26. The number of imide groups is 1. The van der Waals surface area contributed by atoms with Crippen molar-refractivity contribution in [3.05, 3.63) is 71.8 Å². The number of likely N-dealkylation sites (N-methyl/N-ethyl adjacent to an activating group) is 2. The number of amides is 3. The molecule has 2 aliphatic rings. The number of hydrogen-bond acceptors (Lipinski definition) is 3. The van der Waals surface area contributed by atoms with Crippen molar-refractivity contribution in [3.8, 4) is 0 Å². The van der Waals surface area contributed by atoms with E-state index in [-0.39, 0.29) is 11.9 Å². The fourth-order valence-corrected chi connectivity index (χ4v) is 3.66. The zero-order valence-corrected chi connectivity index (χ0v) is 15.9. The number of nitrogens with zero attached hydrogens (tertiary/aromatic N) is 4. The highest BCUT2D eigenvalue weighted by Gasteiger charge is 2.51. The summed E-state index contributed by atoms with van der Waals surface area (Å²) in [5, 5.41) is 3.30. The highest BCUT2D eigenvalue weighted by molar-refractivity contribution is 6.04. The number of carbonyl (C=O) groups is 2. The molecule has 2 aromatic rings. The Kier molecular flexibility index (Phi) is 4.73. The van der Waals surface area contributed by atoms with Gasteiger partial charge in [-0.2, -0.15) is 0 Å². The van der Waals surface area contributed by atoms with Gasteiger partial charge in [-0.25, -0.2) is 9.79 Å². The summed E-state index contributed by atoms with van der Waals surface area (Å²) in [6.07, 6.45) is -0.436. The molecule has 2 unspecified atom stereocenters. The Balaban J connectivity index is 1.67. The summed E-state index contributed by atoms with van der Waals surface area (Å²) in [6, 6.07) is 19.1. The second-order valence-electron chi connectivity index (χ2n) is 7.06. The average molecular weight is 377 g/mol. The minimum absolute atomic E-state index is 0.221. The van der Waals surface area contributed by atoms with E-state index in [4.69, 9.17) is 4.99 Å². The Morgan fingerprint density at radius 1 is 0.929 bits per heavy atom. The Morgan fingerprint density at radius 2 is 1.54 bits per heavy atom. The lowest BCUT2D eigenvalue weighted by molar-refractivity contribution is -0.136. The number of guanidine groups is 1. The second kappa shape index (κ2) is 7.34. The van der Waals surface area contributed by atoms with Crippen LogP contribution in [0.1, 0.15) is 11.1 Å². The predicted molar refractivity (Wildman–Crippen MR) is 106 cm³/mol. The maximum absolute atomic E-state index is 12.9. The Hall–Kier alpha value is -3.35. The summed E-state index contributed by atoms with van der Waals surface area (Å²) in [5.74, 6) is 0.410. The lowest BCUT2D eigenvalue weighted by Crippen LogP contribution is -2.65. The Bertz CT molecular complexity index is 900. The molecule has 0 aromatic heterocycles. The van der Waals surface area contributed by atoms with Crippen LogP contribution in [0.15, 0.2) is 65.7 Å². The van der Waals surface area contributed by atoms with E-state index in [1.807, 2.05) is 65.6 Å². The van der Waals surface area contributed by atoms with Crippen LogP contribution in [0, 0.1) is 0 Å². The molecule has 7 nitrogen and oxygen atoms in total. The van der Waals surface area contributed by atoms with Crippen molar-refractivity contribution in [2.75, 3.05) is 14.1 Å². The van der Waals surface area contributed by atoms with Gasteiger partial charge in [-0.1, -0.05) is 60.7 Å². The van der Waals surface area contributed by atoms with E-state index in [0.717, 1.165) is 11.1 Å². The van der Waals surface area contributed by atoms with Crippen LogP contribution in [-0.2, 0) is 17.9 Å². The van der Waals surface area contributed by atoms with Gasteiger partial charge < -0.3 is 15.1 Å². The number of benzene rings is 2. The Labute approximate surface area is 164 Å². The number of carbonyl (C=O) groups excluding carboxylic acids is 2. The van der Waals surface area contributed by atoms with Crippen molar-refractivity contribution in [2.24, 2.45) is 4.99 Å². The number of nitrogens with one attached hydrogen (secondary N) is 1. The molecule has 3 amide bonds. The molecule has 1 N–H and O–H groups in total. The highest BCUT2D eigenvalue weighted by atomic mass is 16.2. The lowest BCUT2D eigenvalue weighted by Gasteiger charge is -2.39. The molecule has 2 atom stereocenters. The van der Waals surface area contributed by atoms with Crippen LogP contribution in [-0.4, -0.2) is 58.9 Å². The topological polar surface area (TPSA) is 68.2 Å². The predicted octanol–water partition coefficient (Wildman–Crippen LogP) is 1.87. The third-order valence-corrected chi connectivity index (χ3v) is 5.22. The third-order valence-electron chi connectivity index (χ3n) is 5.22. The number of fused-ring (bicyclic) bond motifs is 1. The van der Waals surface area contributed by atoms with Crippen molar-refractivity contribution < 1.29 is 9.59 Å². The summed E-state index contributed by atoms with van der Waals surface area (Å²) in [5.41, 5.74) is 2.16. The molecular weight excluding hydrogens is 354 g/mol. The monoisotopic (exact) mass is 377 g/mol. The van der Waals surface area contributed by atoms with Gasteiger partial charge in [-0.3, -0.25) is 9.69 Å². The first-order valence-corrected chi connectivity index (χ1v) is 9.26. The van der Waals surface area contributed by atoms with Gasteiger partial charge in [0.05, 0.1) is 6.54 Å². The van der Waals surface area contributed by atoms with Gasteiger partial charge in [0.15, 0.2) is 12.0 Å². The number of aliphatic imine (C=N–C) groups is 1. The van der Waals surface area contributed by atoms with E-state index < -0.39 is 12.2 Å². The molecule has 0 saturated carbocycles. The zero-order chi connectivity index (χ0) is 19.7. The molecule has 0 bridgehead atoms. The van der Waals surface area contributed by atoms with Gasteiger partial charge in [0.2, 0.25) is 0 Å². The first kappa shape index (κ1) is 18.0. The first-order chi connectivity index (χ1) is 13.6. The van der Waals surface area contributed by atoms with E-state index in [1.165, 1.54) is 11.9 Å². The van der Waals surface area contributed by atoms with Crippen molar-refractivity contribution in [2.45, 2.75) is 25.3 Å². The quantitative estimate of drug-likeness (QED) is 0.883. The normalized spacial score (nSPS) is 23.2. The number of hydrogen-bond donors (Lipinski definition) is 1. The summed E-state index contributed by atoms with van der Waals surface area (Å²) < 4.78 is 0. The SMILES string of the molecule is CN1C(=O)C2C(NC(=NCc3ccccc3)N2Cc2ccccc2)N(C)C1=O. The number of urea groups is 1. The Morgan fingerprint density at radius 3 is 2.18 bits per heavy atom. The highest BCUT2D eigenvalue weighted by Crippen LogP contribution is 2.26. The molecule has 0 aliphatic carbocycles. The van der Waals surface area contributed by atoms with Crippen molar-refractivity contribution in [3.63, 3.8) is 0 Å². The molecule has 2 saturated heterocycles. The average Bonchev–Trinajstić information content (AvgIpc) is 3.09. The standard InChI is InChI=1S/C21H23N5O2/c1-24-18-17(19(27)25(2)21(24)28)26(14-16-11-7-4-8-12-16)20(23-18)22-13-15-9-5-3-6-10-15/h3-12,17-18H,13-14H2,1-2H3,(H,22,23). The maximum atomic E-state index is 12.9. The van der Waals surface area contributed by atoms with E-state index in [2.05, 4.69) is 5.32 Å². The molecule has 28 heavy (non-hydrogen) atoms. The zero-order valence-electron chi connectivity index (χ0n) is 15.9. The summed E-state index contributed by atoms with van der Waals surface area (Å²) in [4.78, 5) is 34.7. The van der Waals surface area contributed by atoms with Crippen LogP contribution in [0.2, 0.25) is 0 Å². The van der Waals surface area contributed by atoms with E-state index in [0.29, 0.717) is 19.0 Å². The van der Waals surface area contributed by atoms with Gasteiger partial charge in [-0.05, 0) is 11.1 Å². The second-order valence-corrected chi connectivity index (χ2v) is 7.06. The van der Waals surface area contributed by atoms with Gasteiger partial charge >= 0.3 is 6.03 Å². The van der Waals surface area contributed by atoms with Crippen LogP contribution in [0.4, 0.5) is 4.79 Å². The van der Waals surface area contributed by atoms with Crippen molar-refractivity contribution >= 4 is 17.9 Å². The number of rotatable bonds is 4. The van der Waals surface area contributed by atoms with Crippen molar-refractivity contribution in [1.29, 1.82) is 0 Å². The maximum Gasteiger partial charge on any atom is 0.327 e. The van der Waals surface area contributed by atoms with E-state index in [9.17, 15) is 9.59 Å².